The van der Waals surface area contributed by atoms with E-state index in [0.717, 1.165) is 71.1 Å². The van der Waals surface area contributed by atoms with E-state index >= 15 is 0 Å². The van der Waals surface area contributed by atoms with Gasteiger partial charge in [0.2, 0.25) is 0 Å². The Kier molecular flexibility index (Phi) is 7.71. The molecule has 2 heterocycles. The van der Waals surface area contributed by atoms with Gasteiger partial charge in [-0.15, -0.1) is 0 Å². The monoisotopic (exact) mass is 386 g/mol. The second kappa shape index (κ2) is 10.5. The van der Waals surface area contributed by atoms with Crippen LogP contribution in [-0.2, 0) is 9.53 Å². The van der Waals surface area contributed by atoms with Gasteiger partial charge in [-0.25, -0.2) is 0 Å². The lowest BCUT2D eigenvalue weighted by molar-refractivity contribution is -0.142. The third kappa shape index (κ3) is 5.47. The number of rotatable bonds is 6. The molecule has 1 aromatic rings. The van der Waals surface area contributed by atoms with Crippen molar-refractivity contribution in [3.05, 3.63) is 35.9 Å². The molecule has 2 unspecified atom stereocenters. The van der Waals surface area contributed by atoms with E-state index in [9.17, 15) is 4.79 Å². The van der Waals surface area contributed by atoms with Crippen LogP contribution in [0.3, 0.4) is 0 Å². The molecule has 1 N–H and O–H groups in total. The van der Waals surface area contributed by atoms with Crippen LogP contribution in [0.5, 0.6) is 0 Å². The molecular weight excluding hydrogens is 352 g/mol. The van der Waals surface area contributed by atoms with E-state index < -0.39 is 0 Å². The van der Waals surface area contributed by atoms with E-state index in [1.165, 1.54) is 5.56 Å². The van der Waals surface area contributed by atoms with E-state index in [-0.39, 0.29) is 12.0 Å². The number of nitrogens with one attached hydrogen (secondary N) is 1. The summed E-state index contributed by atoms with van der Waals surface area (Å²) in [4.78, 5) is 21.6. The van der Waals surface area contributed by atoms with Gasteiger partial charge in [0.1, 0.15) is 6.10 Å². The number of hydrogen-bond donors (Lipinski definition) is 1. The summed E-state index contributed by atoms with van der Waals surface area (Å²) < 4.78 is 5.55. The normalized spacial score (nSPS) is 21.6. The molecule has 2 fully saturated rings. The molecule has 6 heteroatoms. The Labute approximate surface area is 168 Å². The third-order valence-electron chi connectivity index (χ3n) is 5.62. The van der Waals surface area contributed by atoms with E-state index in [4.69, 9.17) is 9.73 Å². The van der Waals surface area contributed by atoms with Gasteiger partial charge >= 0.3 is 0 Å². The van der Waals surface area contributed by atoms with Crippen molar-refractivity contribution in [2.75, 3.05) is 45.9 Å². The highest BCUT2D eigenvalue weighted by molar-refractivity contribution is 5.82. The number of nitrogens with zero attached hydrogens (tertiary/aromatic N) is 3. The summed E-state index contributed by atoms with van der Waals surface area (Å²) in [6, 6.07) is 10.6. The fourth-order valence-electron chi connectivity index (χ4n) is 3.85. The van der Waals surface area contributed by atoms with Gasteiger partial charge in [0.05, 0.1) is 0 Å². The van der Waals surface area contributed by atoms with Crippen molar-refractivity contribution in [2.24, 2.45) is 4.99 Å². The highest BCUT2D eigenvalue weighted by Gasteiger charge is 2.30. The molecular formula is C22H34N4O2. The van der Waals surface area contributed by atoms with Gasteiger partial charge in [0.15, 0.2) is 5.96 Å². The summed E-state index contributed by atoms with van der Waals surface area (Å²) in [6.45, 7) is 9.83. The van der Waals surface area contributed by atoms with Crippen LogP contribution in [0.1, 0.15) is 44.6 Å². The van der Waals surface area contributed by atoms with E-state index in [1.54, 1.807) is 0 Å². The lowest BCUT2D eigenvalue weighted by Crippen LogP contribution is -2.55. The highest BCUT2D eigenvalue weighted by Crippen LogP contribution is 2.19. The standard InChI is InChI=1S/C22H34N4O2/c1-3-23-22(24-12-11-18(2)19-8-5-4-6-9-19)26-15-13-25(14-16-26)21(27)20-10-7-17-28-20/h4-6,8-9,18,20H,3,7,10-17H2,1-2H3,(H,23,24). The number of piperazine rings is 1. The van der Waals surface area contributed by atoms with Crippen molar-refractivity contribution in [1.29, 1.82) is 0 Å². The number of carbonyl (C=O) groups is 1. The number of guanidine groups is 1. The number of amides is 1. The zero-order valence-corrected chi connectivity index (χ0v) is 17.3. The molecule has 0 bridgehead atoms. The first-order chi connectivity index (χ1) is 13.7. The van der Waals surface area contributed by atoms with Gasteiger partial charge in [0, 0.05) is 45.9 Å². The summed E-state index contributed by atoms with van der Waals surface area (Å²) >= 11 is 0. The predicted molar refractivity (Wildman–Crippen MR) is 113 cm³/mol. The maximum atomic E-state index is 12.5. The number of aliphatic imine (C=N–C) groups is 1. The van der Waals surface area contributed by atoms with Crippen LogP contribution in [0, 0.1) is 0 Å². The molecule has 6 nitrogen and oxygen atoms in total. The van der Waals surface area contributed by atoms with Crippen LogP contribution < -0.4 is 5.32 Å². The van der Waals surface area contributed by atoms with Crippen LogP contribution in [0.15, 0.2) is 35.3 Å². The first kappa shape index (κ1) is 20.6. The van der Waals surface area contributed by atoms with E-state index in [2.05, 4.69) is 54.4 Å². The molecule has 154 valence electrons. The van der Waals surface area contributed by atoms with Crippen molar-refractivity contribution < 1.29 is 9.53 Å². The smallest absolute Gasteiger partial charge is 0.251 e. The molecule has 1 aromatic carbocycles. The molecule has 1 amide bonds. The predicted octanol–water partition coefficient (Wildman–Crippen LogP) is 2.47. The number of carbonyl (C=O) groups excluding carboxylic acids is 1. The van der Waals surface area contributed by atoms with Crippen LogP contribution in [0.4, 0.5) is 0 Å². The fourth-order valence-corrected chi connectivity index (χ4v) is 3.85. The van der Waals surface area contributed by atoms with Crippen LogP contribution in [0.2, 0.25) is 0 Å². The molecule has 3 rings (SSSR count). The molecule has 2 atom stereocenters. The molecule has 2 aliphatic rings. The Morgan fingerprint density at radius 3 is 2.57 bits per heavy atom. The van der Waals surface area contributed by atoms with Crippen LogP contribution in [-0.4, -0.2) is 73.6 Å². The minimum absolute atomic E-state index is 0.163. The van der Waals surface area contributed by atoms with E-state index in [1.807, 2.05) is 4.90 Å². The highest BCUT2D eigenvalue weighted by atomic mass is 16.5. The Bertz CT molecular complexity index is 635. The average Bonchev–Trinajstić information content (AvgIpc) is 3.28. The van der Waals surface area contributed by atoms with Gasteiger partial charge in [0.25, 0.3) is 5.91 Å². The lowest BCUT2D eigenvalue weighted by atomic mass is 9.98. The maximum Gasteiger partial charge on any atom is 0.251 e. The molecule has 28 heavy (non-hydrogen) atoms. The van der Waals surface area contributed by atoms with Gasteiger partial charge in [-0.3, -0.25) is 9.79 Å². The fraction of sp³-hybridized carbons (Fsp3) is 0.636. The van der Waals surface area contributed by atoms with Crippen molar-refractivity contribution in [3.8, 4) is 0 Å². The first-order valence-electron chi connectivity index (χ1n) is 10.7. The number of hydrogen-bond acceptors (Lipinski definition) is 3. The van der Waals surface area contributed by atoms with Gasteiger partial charge < -0.3 is 19.9 Å². The zero-order chi connectivity index (χ0) is 19.8. The van der Waals surface area contributed by atoms with Crippen LogP contribution in [0.25, 0.3) is 0 Å². The molecule has 0 aromatic heterocycles. The second-order valence-electron chi connectivity index (χ2n) is 7.65. The molecule has 2 aliphatic heterocycles. The van der Waals surface area contributed by atoms with Crippen LogP contribution >= 0.6 is 0 Å². The zero-order valence-electron chi connectivity index (χ0n) is 17.3. The molecule has 0 spiro atoms. The number of benzene rings is 1. The lowest BCUT2D eigenvalue weighted by Gasteiger charge is -2.37. The van der Waals surface area contributed by atoms with Crippen molar-refractivity contribution in [1.82, 2.24) is 15.1 Å². The molecule has 0 saturated carbocycles. The summed E-state index contributed by atoms with van der Waals surface area (Å²) in [7, 11) is 0. The Balaban J connectivity index is 1.49. The molecule has 0 aliphatic carbocycles. The van der Waals surface area contributed by atoms with Gasteiger partial charge in [-0.05, 0) is 37.7 Å². The topological polar surface area (TPSA) is 57.2 Å². The Morgan fingerprint density at radius 2 is 1.93 bits per heavy atom. The quantitative estimate of drug-likeness (QED) is 0.603. The second-order valence-corrected chi connectivity index (χ2v) is 7.65. The minimum Gasteiger partial charge on any atom is -0.368 e. The third-order valence-corrected chi connectivity index (χ3v) is 5.62. The van der Waals surface area contributed by atoms with Gasteiger partial charge in [-0.1, -0.05) is 37.3 Å². The minimum atomic E-state index is -0.215. The summed E-state index contributed by atoms with van der Waals surface area (Å²) in [5.41, 5.74) is 1.36. The molecule has 0 radical (unpaired) electrons. The largest absolute Gasteiger partial charge is 0.368 e. The SMILES string of the molecule is CCNC(=NCCC(C)c1ccccc1)N1CCN(C(=O)C2CCCO2)CC1. The maximum absolute atomic E-state index is 12.5. The Hall–Kier alpha value is -2.08. The molecule has 2 saturated heterocycles. The first-order valence-corrected chi connectivity index (χ1v) is 10.7. The van der Waals surface area contributed by atoms with Gasteiger partial charge in [-0.2, -0.15) is 0 Å². The Morgan fingerprint density at radius 1 is 1.21 bits per heavy atom. The van der Waals surface area contributed by atoms with Crippen molar-refractivity contribution in [3.63, 3.8) is 0 Å². The summed E-state index contributed by atoms with van der Waals surface area (Å²) in [5.74, 6) is 1.62. The van der Waals surface area contributed by atoms with E-state index in [0.29, 0.717) is 5.92 Å². The van der Waals surface area contributed by atoms with Crippen molar-refractivity contribution in [2.45, 2.75) is 45.1 Å². The summed E-state index contributed by atoms with van der Waals surface area (Å²) in [5, 5.41) is 3.41. The summed E-state index contributed by atoms with van der Waals surface area (Å²) in [6.07, 6.45) is 2.67. The average molecular weight is 387 g/mol. The number of ether oxygens (including phenoxy) is 1. The van der Waals surface area contributed by atoms with Crippen molar-refractivity contribution >= 4 is 11.9 Å².